The SMILES string of the molecule is COC(=O)[C@H](NS(=O)(=O)c1ccc(C)cc1)C(O)c1ccccc1. The van der Waals surface area contributed by atoms with Crippen molar-refractivity contribution < 1.29 is 23.1 Å². The molecule has 24 heavy (non-hydrogen) atoms. The van der Waals surface area contributed by atoms with Crippen LogP contribution in [-0.2, 0) is 19.6 Å². The number of hydrogen-bond acceptors (Lipinski definition) is 5. The van der Waals surface area contributed by atoms with Gasteiger partial charge < -0.3 is 9.84 Å². The van der Waals surface area contributed by atoms with E-state index >= 15 is 0 Å². The molecule has 0 fully saturated rings. The molecule has 2 rings (SSSR count). The average molecular weight is 349 g/mol. The van der Waals surface area contributed by atoms with Crippen LogP contribution in [-0.4, -0.2) is 32.6 Å². The van der Waals surface area contributed by atoms with Gasteiger partial charge in [0.25, 0.3) is 0 Å². The summed E-state index contributed by atoms with van der Waals surface area (Å²) < 4.78 is 31.8. The van der Waals surface area contributed by atoms with Crippen LogP contribution in [0, 0.1) is 6.92 Å². The molecule has 7 heteroatoms. The molecule has 0 aromatic heterocycles. The number of ether oxygens (including phenoxy) is 1. The van der Waals surface area contributed by atoms with E-state index in [0.717, 1.165) is 12.7 Å². The van der Waals surface area contributed by atoms with Crippen LogP contribution in [0.4, 0.5) is 0 Å². The van der Waals surface area contributed by atoms with Crippen molar-refractivity contribution in [1.82, 2.24) is 4.72 Å². The van der Waals surface area contributed by atoms with Gasteiger partial charge in [-0.1, -0.05) is 48.0 Å². The Morgan fingerprint density at radius 1 is 1.08 bits per heavy atom. The van der Waals surface area contributed by atoms with Crippen molar-refractivity contribution in [3.63, 3.8) is 0 Å². The number of carbonyl (C=O) groups excluding carboxylic acids is 1. The molecule has 2 N–H and O–H groups in total. The number of aryl methyl sites for hydroxylation is 1. The molecule has 2 aromatic carbocycles. The number of aliphatic hydroxyl groups excluding tert-OH is 1. The summed E-state index contributed by atoms with van der Waals surface area (Å²) in [4.78, 5) is 12.0. The highest BCUT2D eigenvalue weighted by atomic mass is 32.2. The van der Waals surface area contributed by atoms with Gasteiger partial charge in [0.15, 0.2) is 0 Å². The lowest BCUT2D eigenvalue weighted by atomic mass is 10.0. The maximum atomic E-state index is 12.5. The molecule has 2 atom stereocenters. The number of nitrogens with one attached hydrogen (secondary N) is 1. The summed E-state index contributed by atoms with van der Waals surface area (Å²) >= 11 is 0. The zero-order chi connectivity index (χ0) is 17.7. The van der Waals surface area contributed by atoms with Crippen molar-refractivity contribution >= 4 is 16.0 Å². The van der Waals surface area contributed by atoms with Crippen LogP contribution < -0.4 is 4.72 Å². The second-order valence-electron chi connectivity index (χ2n) is 5.29. The second kappa shape index (κ2) is 7.57. The highest BCUT2D eigenvalue weighted by molar-refractivity contribution is 7.89. The standard InChI is InChI=1S/C17H19NO5S/c1-12-8-10-14(11-9-12)24(21,22)18-15(17(20)23-2)16(19)13-6-4-3-5-7-13/h3-11,15-16,18-19H,1-2H3/t15-,16?/m1/s1. The Hall–Kier alpha value is -2.22. The largest absolute Gasteiger partial charge is 0.468 e. The molecular weight excluding hydrogens is 330 g/mol. The van der Waals surface area contributed by atoms with Crippen molar-refractivity contribution in [1.29, 1.82) is 0 Å². The number of carbonyl (C=O) groups is 1. The Morgan fingerprint density at radius 2 is 1.67 bits per heavy atom. The summed E-state index contributed by atoms with van der Waals surface area (Å²) in [7, 11) is -2.86. The molecule has 0 saturated carbocycles. The van der Waals surface area contributed by atoms with E-state index in [2.05, 4.69) is 9.46 Å². The summed E-state index contributed by atoms with van der Waals surface area (Å²) in [6.07, 6.45) is -1.38. The molecule has 0 heterocycles. The minimum Gasteiger partial charge on any atom is -0.468 e. The van der Waals surface area contributed by atoms with E-state index in [1.54, 1.807) is 42.5 Å². The lowest BCUT2D eigenvalue weighted by Crippen LogP contribution is -2.45. The normalized spacial score (nSPS) is 14.0. The predicted molar refractivity (Wildman–Crippen MR) is 88.7 cm³/mol. The van der Waals surface area contributed by atoms with Crippen molar-refractivity contribution in [2.24, 2.45) is 0 Å². The van der Waals surface area contributed by atoms with Crippen molar-refractivity contribution in [2.45, 2.75) is 24.0 Å². The van der Waals surface area contributed by atoms with Crippen LogP contribution in [0.25, 0.3) is 0 Å². The van der Waals surface area contributed by atoms with E-state index in [1.165, 1.54) is 12.1 Å². The lowest BCUT2D eigenvalue weighted by molar-refractivity contribution is -0.145. The van der Waals surface area contributed by atoms with Crippen molar-refractivity contribution in [3.05, 3.63) is 65.7 Å². The Labute approximate surface area is 141 Å². The second-order valence-corrected chi connectivity index (χ2v) is 7.00. The maximum Gasteiger partial charge on any atom is 0.326 e. The monoisotopic (exact) mass is 349 g/mol. The Morgan fingerprint density at radius 3 is 2.21 bits per heavy atom. The van der Waals surface area contributed by atoms with Gasteiger partial charge in [-0.2, -0.15) is 4.72 Å². The molecule has 6 nitrogen and oxygen atoms in total. The molecular formula is C17H19NO5S. The predicted octanol–water partition coefficient (Wildman–Crippen LogP) is 1.55. The molecule has 1 unspecified atom stereocenters. The summed E-state index contributed by atoms with van der Waals surface area (Å²) in [5.74, 6) is -0.873. The van der Waals surface area contributed by atoms with Crippen LogP contribution in [0.5, 0.6) is 0 Å². The number of hydrogen-bond donors (Lipinski definition) is 2. The van der Waals surface area contributed by atoms with Crippen LogP contribution in [0.15, 0.2) is 59.5 Å². The highest BCUT2D eigenvalue weighted by Crippen LogP contribution is 2.20. The van der Waals surface area contributed by atoms with E-state index in [4.69, 9.17) is 0 Å². The van der Waals surface area contributed by atoms with E-state index in [1.807, 2.05) is 6.92 Å². The summed E-state index contributed by atoms with van der Waals surface area (Å²) in [6, 6.07) is 13.0. The number of esters is 1. The first kappa shape index (κ1) is 18.1. The average Bonchev–Trinajstić information content (AvgIpc) is 2.59. The zero-order valence-corrected chi connectivity index (χ0v) is 14.2. The summed E-state index contributed by atoms with van der Waals surface area (Å²) in [5, 5.41) is 10.4. The van der Waals surface area contributed by atoms with Gasteiger partial charge in [-0.05, 0) is 24.6 Å². The molecule has 0 aliphatic carbocycles. The molecule has 0 saturated heterocycles. The number of benzene rings is 2. The van der Waals surface area contributed by atoms with Gasteiger partial charge in [0.2, 0.25) is 10.0 Å². The number of rotatable bonds is 6. The van der Waals surface area contributed by atoms with Crippen molar-refractivity contribution in [3.8, 4) is 0 Å². The van der Waals surface area contributed by atoms with Gasteiger partial charge in [0, 0.05) is 0 Å². The van der Waals surface area contributed by atoms with Crippen LogP contribution in [0.1, 0.15) is 17.2 Å². The maximum absolute atomic E-state index is 12.5. The molecule has 0 aliphatic rings. The first-order valence-corrected chi connectivity index (χ1v) is 8.73. The summed E-state index contributed by atoms with van der Waals surface area (Å²) in [5.41, 5.74) is 1.31. The molecule has 2 aromatic rings. The Kier molecular flexibility index (Phi) is 5.71. The number of aliphatic hydroxyl groups is 1. The van der Waals surface area contributed by atoms with E-state index < -0.39 is 28.1 Å². The molecule has 0 bridgehead atoms. The quantitative estimate of drug-likeness (QED) is 0.772. The topological polar surface area (TPSA) is 92.7 Å². The minimum absolute atomic E-state index is 0.00210. The third-order valence-corrected chi connectivity index (χ3v) is 4.98. The zero-order valence-electron chi connectivity index (χ0n) is 13.3. The van der Waals surface area contributed by atoms with Gasteiger partial charge in [-0.3, -0.25) is 4.79 Å². The molecule has 128 valence electrons. The van der Waals surface area contributed by atoms with Gasteiger partial charge in [-0.15, -0.1) is 0 Å². The third-order valence-electron chi connectivity index (χ3n) is 3.53. The first-order valence-electron chi connectivity index (χ1n) is 7.25. The Bertz CT molecular complexity index is 787. The van der Waals surface area contributed by atoms with Gasteiger partial charge in [0.05, 0.1) is 12.0 Å². The fraction of sp³-hybridized carbons (Fsp3) is 0.235. The first-order chi connectivity index (χ1) is 11.3. The minimum atomic E-state index is -4.00. The third kappa shape index (κ3) is 4.19. The van der Waals surface area contributed by atoms with Crippen LogP contribution in [0.3, 0.4) is 0 Å². The van der Waals surface area contributed by atoms with Crippen LogP contribution in [0.2, 0.25) is 0 Å². The van der Waals surface area contributed by atoms with Gasteiger partial charge >= 0.3 is 5.97 Å². The van der Waals surface area contributed by atoms with Gasteiger partial charge in [0.1, 0.15) is 12.1 Å². The highest BCUT2D eigenvalue weighted by Gasteiger charge is 2.33. The summed E-state index contributed by atoms with van der Waals surface area (Å²) in [6.45, 7) is 1.83. The number of sulfonamides is 1. The molecule has 0 radical (unpaired) electrons. The smallest absolute Gasteiger partial charge is 0.326 e. The number of methoxy groups -OCH3 is 1. The van der Waals surface area contributed by atoms with E-state index in [0.29, 0.717) is 5.56 Å². The molecule has 0 spiro atoms. The lowest BCUT2D eigenvalue weighted by Gasteiger charge is -2.22. The fourth-order valence-electron chi connectivity index (χ4n) is 2.16. The van der Waals surface area contributed by atoms with E-state index in [9.17, 15) is 18.3 Å². The van der Waals surface area contributed by atoms with Crippen molar-refractivity contribution in [2.75, 3.05) is 7.11 Å². The van der Waals surface area contributed by atoms with E-state index in [-0.39, 0.29) is 4.90 Å². The fourth-order valence-corrected chi connectivity index (χ4v) is 3.35. The van der Waals surface area contributed by atoms with Crippen LogP contribution >= 0.6 is 0 Å². The van der Waals surface area contributed by atoms with Gasteiger partial charge in [-0.25, -0.2) is 8.42 Å². The molecule has 0 aliphatic heterocycles. The molecule has 0 amide bonds. The Balaban J connectivity index is 2.32.